The second kappa shape index (κ2) is 3.51. The second-order valence-corrected chi connectivity index (χ2v) is 4.53. The molecule has 3 heteroatoms. The number of benzene rings is 1. The molecule has 16 heavy (non-hydrogen) atoms. The Morgan fingerprint density at radius 1 is 1.25 bits per heavy atom. The van der Waals surface area contributed by atoms with Crippen molar-refractivity contribution in [3.8, 4) is 0 Å². The molecule has 0 amide bonds. The van der Waals surface area contributed by atoms with Crippen molar-refractivity contribution in [1.82, 2.24) is 9.55 Å². The summed E-state index contributed by atoms with van der Waals surface area (Å²) >= 11 is 0. The molecule has 2 aromatic rings. The monoisotopic (exact) mass is 215 g/mol. The largest absolute Gasteiger partial charge is 0.369 e. The van der Waals surface area contributed by atoms with E-state index >= 15 is 0 Å². The van der Waals surface area contributed by atoms with Gasteiger partial charge in [-0.3, -0.25) is 0 Å². The van der Waals surface area contributed by atoms with Crippen LogP contribution in [-0.2, 0) is 19.4 Å². The normalized spacial score (nSPS) is 15.3. The standard InChI is InChI=1S/C13H17N3/c1-2-16-12-8-10-6-4-3-5-9(10)7-11(12)15-13(16)14/h7-8H,2-6H2,1H3,(H2,14,15). The minimum absolute atomic E-state index is 0.639. The minimum atomic E-state index is 0.639. The average Bonchev–Trinajstić information content (AvgIpc) is 2.60. The molecule has 3 nitrogen and oxygen atoms in total. The number of aryl methyl sites for hydroxylation is 3. The number of hydrogen-bond acceptors (Lipinski definition) is 2. The van der Waals surface area contributed by atoms with Crippen molar-refractivity contribution in [3.05, 3.63) is 23.3 Å². The Hall–Kier alpha value is -1.51. The summed E-state index contributed by atoms with van der Waals surface area (Å²) in [6.07, 6.45) is 5.03. The fourth-order valence-electron chi connectivity index (χ4n) is 2.70. The van der Waals surface area contributed by atoms with Crippen LogP contribution in [0, 0.1) is 0 Å². The van der Waals surface area contributed by atoms with Crippen molar-refractivity contribution in [1.29, 1.82) is 0 Å². The lowest BCUT2D eigenvalue weighted by Crippen LogP contribution is -2.04. The average molecular weight is 215 g/mol. The molecule has 0 aliphatic heterocycles. The van der Waals surface area contributed by atoms with Gasteiger partial charge in [0.25, 0.3) is 0 Å². The van der Waals surface area contributed by atoms with Crippen LogP contribution in [0.4, 0.5) is 5.95 Å². The van der Waals surface area contributed by atoms with Crippen LogP contribution >= 0.6 is 0 Å². The zero-order chi connectivity index (χ0) is 11.1. The Balaban J connectivity index is 2.27. The Bertz CT molecular complexity index is 540. The molecule has 0 radical (unpaired) electrons. The minimum Gasteiger partial charge on any atom is -0.369 e. The van der Waals surface area contributed by atoms with Crippen molar-refractivity contribution < 1.29 is 0 Å². The summed E-state index contributed by atoms with van der Waals surface area (Å²) in [4.78, 5) is 4.43. The van der Waals surface area contributed by atoms with E-state index in [1.165, 1.54) is 42.3 Å². The zero-order valence-corrected chi connectivity index (χ0v) is 9.66. The molecule has 0 bridgehead atoms. The van der Waals surface area contributed by atoms with Gasteiger partial charge in [-0.25, -0.2) is 4.98 Å². The van der Waals surface area contributed by atoms with Crippen molar-refractivity contribution in [2.24, 2.45) is 0 Å². The Kier molecular flexibility index (Phi) is 2.13. The molecule has 1 aromatic carbocycles. The molecule has 0 atom stereocenters. The highest BCUT2D eigenvalue weighted by molar-refractivity contribution is 5.80. The molecule has 0 unspecified atom stereocenters. The quantitative estimate of drug-likeness (QED) is 0.794. The number of rotatable bonds is 1. The molecule has 1 heterocycles. The van der Waals surface area contributed by atoms with Crippen molar-refractivity contribution in [2.45, 2.75) is 39.2 Å². The fourth-order valence-corrected chi connectivity index (χ4v) is 2.70. The van der Waals surface area contributed by atoms with Crippen molar-refractivity contribution in [3.63, 3.8) is 0 Å². The molecule has 84 valence electrons. The highest BCUT2D eigenvalue weighted by Gasteiger charge is 2.14. The predicted molar refractivity (Wildman–Crippen MR) is 66.5 cm³/mol. The Labute approximate surface area is 95.3 Å². The first kappa shape index (κ1) is 9.70. The van der Waals surface area contributed by atoms with E-state index in [4.69, 9.17) is 5.73 Å². The van der Waals surface area contributed by atoms with Crippen molar-refractivity contribution in [2.75, 3.05) is 5.73 Å². The second-order valence-electron chi connectivity index (χ2n) is 4.53. The number of nitrogens with two attached hydrogens (primary N) is 1. The summed E-state index contributed by atoms with van der Waals surface area (Å²) in [6.45, 7) is 3.00. The van der Waals surface area contributed by atoms with E-state index in [-0.39, 0.29) is 0 Å². The smallest absolute Gasteiger partial charge is 0.201 e. The summed E-state index contributed by atoms with van der Waals surface area (Å²) in [6, 6.07) is 4.52. The summed E-state index contributed by atoms with van der Waals surface area (Å²) < 4.78 is 2.09. The van der Waals surface area contributed by atoms with Gasteiger partial charge in [-0.1, -0.05) is 0 Å². The van der Waals surface area contributed by atoms with Gasteiger partial charge >= 0.3 is 0 Å². The Morgan fingerprint density at radius 3 is 2.62 bits per heavy atom. The van der Waals surface area contributed by atoms with E-state index in [0.717, 1.165) is 12.1 Å². The Morgan fingerprint density at radius 2 is 1.94 bits per heavy atom. The van der Waals surface area contributed by atoms with Gasteiger partial charge in [0.15, 0.2) is 0 Å². The molecule has 3 rings (SSSR count). The van der Waals surface area contributed by atoms with Crippen LogP contribution in [0.3, 0.4) is 0 Å². The first-order valence-electron chi connectivity index (χ1n) is 6.07. The predicted octanol–water partition coefficient (Wildman–Crippen LogP) is 2.52. The first-order chi connectivity index (χ1) is 7.79. The third kappa shape index (κ3) is 1.31. The number of nitrogens with zero attached hydrogens (tertiary/aromatic N) is 2. The van der Waals surface area contributed by atoms with Crippen molar-refractivity contribution >= 4 is 17.0 Å². The molecule has 1 aliphatic carbocycles. The van der Waals surface area contributed by atoms with Crippen LogP contribution in [0.1, 0.15) is 30.9 Å². The first-order valence-corrected chi connectivity index (χ1v) is 6.07. The SMILES string of the molecule is CCn1c(N)nc2cc3c(cc21)CCCC3. The highest BCUT2D eigenvalue weighted by Crippen LogP contribution is 2.27. The van der Waals surface area contributed by atoms with Crippen LogP contribution in [0.5, 0.6) is 0 Å². The summed E-state index contributed by atoms with van der Waals surface area (Å²) in [5.74, 6) is 0.639. The number of hydrogen-bond donors (Lipinski definition) is 1. The van der Waals surface area contributed by atoms with Gasteiger partial charge in [-0.05, 0) is 55.9 Å². The molecule has 0 saturated heterocycles. The molecule has 1 aromatic heterocycles. The summed E-state index contributed by atoms with van der Waals surface area (Å²) in [7, 11) is 0. The lowest BCUT2D eigenvalue weighted by Gasteiger charge is -2.15. The van der Waals surface area contributed by atoms with Crippen LogP contribution in [0.25, 0.3) is 11.0 Å². The van der Waals surface area contributed by atoms with Crippen LogP contribution in [-0.4, -0.2) is 9.55 Å². The van der Waals surface area contributed by atoms with Gasteiger partial charge in [0, 0.05) is 6.54 Å². The lowest BCUT2D eigenvalue weighted by atomic mass is 9.91. The van der Waals surface area contributed by atoms with E-state index in [2.05, 4.69) is 28.6 Å². The van der Waals surface area contributed by atoms with Crippen LogP contribution in [0.2, 0.25) is 0 Å². The van der Waals surface area contributed by atoms with Gasteiger partial charge < -0.3 is 10.3 Å². The third-order valence-electron chi connectivity index (χ3n) is 3.56. The van der Waals surface area contributed by atoms with Crippen LogP contribution in [0.15, 0.2) is 12.1 Å². The molecular weight excluding hydrogens is 198 g/mol. The van der Waals surface area contributed by atoms with E-state index in [0.29, 0.717) is 5.95 Å². The summed E-state index contributed by atoms with van der Waals surface area (Å²) in [5, 5.41) is 0. The number of anilines is 1. The lowest BCUT2D eigenvalue weighted by molar-refractivity contribution is 0.686. The molecule has 0 spiro atoms. The van der Waals surface area contributed by atoms with E-state index < -0.39 is 0 Å². The maximum atomic E-state index is 5.91. The highest BCUT2D eigenvalue weighted by atomic mass is 15.1. The molecule has 2 N–H and O–H groups in total. The zero-order valence-electron chi connectivity index (χ0n) is 9.66. The fraction of sp³-hybridized carbons (Fsp3) is 0.462. The molecule has 0 saturated carbocycles. The van der Waals surface area contributed by atoms with Gasteiger partial charge in [0.1, 0.15) is 0 Å². The van der Waals surface area contributed by atoms with E-state index in [9.17, 15) is 0 Å². The van der Waals surface area contributed by atoms with E-state index in [1.807, 2.05) is 0 Å². The number of imidazole rings is 1. The van der Waals surface area contributed by atoms with Gasteiger partial charge in [-0.15, -0.1) is 0 Å². The number of aromatic nitrogens is 2. The number of fused-ring (bicyclic) bond motifs is 2. The topological polar surface area (TPSA) is 43.8 Å². The van der Waals surface area contributed by atoms with Gasteiger partial charge in [-0.2, -0.15) is 0 Å². The number of nitrogen functional groups attached to an aromatic ring is 1. The molecular formula is C13H17N3. The molecule has 0 fully saturated rings. The molecule has 1 aliphatic rings. The third-order valence-corrected chi connectivity index (χ3v) is 3.56. The maximum Gasteiger partial charge on any atom is 0.201 e. The van der Waals surface area contributed by atoms with Crippen LogP contribution < -0.4 is 5.73 Å². The maximum absolute atomic E-state index is 5.91. The van der Waals surface area contributed by atoms with Gasteiger partial charge in [0.05, 0.1) is 11.0 Å². The summed E-state index contributed by atoms with van der Waals surface area (Å²) in [5.41, 5.74) is 11.1. The van der Waals surface area contributed by atoms with Gasteiger partial charge in [0.2, 0.25) is 5.95 Å². The van der Waals surface area contributed by atoms with E-state index in [1.54, 1.807) is 0 Å².